The fraction of sp³-hybridized carbons (Fsp3) is 0.850. The van der Waals surface area contributed by atoms with E-state index in [4.69, 9.17) is 4.99 Å². The molecular formula is C20H37N7S. The molecule has 1 aliphatic heterocycles. The first-order valence-electron chi connectivity index (χ1n) is 10.8. The number of nitrogens with one attached hydrogen (secondary N) is 2. The molecule has 0 amide bonds. The van der Waals surface area contributed by atoms with Gasteiger partial charge in [0.1, 0.15) is 12.4 Å². The number of aromatic nitrogens is 3. The molecule has 1 aromatic heterocycles. The van der Waals surface area contributed by atoms with Crippen molar-refractivity contribution in [3.05, 3.63) is 11.6 Å². The van der Waals surface area contributed by atoms with Crippen LogP contribution in [0.4, 0.5) is 0 Å². The Hall–Kier alpha value is -1.28. The van der Waals surface area contributed by atoms with Gasteiger partial charge in [-0.2, -0.15) is 11.8 Å². The molecule has 0 radical (unpaired) electrons. The Morgan fingerprint density at radius 2 is 2.07 bits per heavy atom. The molecule has 28 heavy (non-hydrogen) atoms. The summed E-state index contributed by atoms with van der Waals surface area (Å²) in [6.07, 6.45) is 10.2. The van der Waals surface area contributed by atoms with E-state index in [2.05, 4.69) is 32.0 Å². The summed E-state index contributed by atoms with van der Waals surface area (Å²) in [5.41, 5.74) is 0. The first-order chi connectivity index (χ1) is 13.7. The van der Waals surface area contributed by atoms with Crippen LogP contribution in [0.15, 0.2) is 4.99 Å². The van der Waals surface area contributed by atoms with E-state index in [1.807, 2.05) is 30.3 Å². The van der Waals surface area contributed by atoms with Gasteiger partial charge in [-0.3, -0.25) is 0 Å². The molecule has 3 rings (SSSR count). The standard InChI is InChI=1S/C20H37N7S/c1-16-24-25-19(26(16)2)13-22-20(21-10-6-12-28-3)23-18-9-11-27(15-18)14-17-7-4-5-8-17/h17-18H,4-15H2,1-3H3,(H2,21,22,23). The van der Waals surface area contributed by atoms with Crippen LogP contribution in [0.2, 0.25) is 0 Å². The number of hydrogen-bond acceptors (Lipinski definition) is 5. The summed E-state index contributed by atoms with van der Waals surface area (Å²) in [4.78, 5) is 7.45. The van der Waals surface area contributed by atoms with Gasteiger partial charge < -0.3 is 20.1 Å². The first-order valence-corrected chi connectivity index (χ1v) is 12.2. The maximum absolute atomic E-state index is 4.80. The molecule has 1 saturated carbocycles. The lowest BCUT2D eigenvalue weighted by molar-refractivity contribution is 0.275. The zero-order valence-corrected chi connectivity index (χ0v) is 18.6. The number of hydrogen-bond donors (Lipinski definition) is 2. The van der Waals surface area contributed by atoms with E-state index < -0.39 is 0 Å². The van der Waals surface area contributed by atoms with Crippen molar-refractivity contribution in [2.75, 3.05) is 38.2 Å². The predicted octanol–water partition coefficient (Wildman–Crippen LogP) is 2.18. The van der Waals surface area contributed by atoms with Gasteiger partial charge in [-0.1, -0.05) is 12.8 Å². The molecular weight excluding hydrogens is 370 g/mol. The van der Waals surface area contributed by atoms with E-state index in [0.29, 0.717) is 12.6 Å². The van der Waals surface area contributed by atoms with Crippen LogP contribution in [0.3, 0.4) is 0 Å². The Kier molecular flexibility index (Phi) is 8.45. The highest BCUT2D eigenvalue weighted by Crippen LogP contribution is 2.26. The fourth-order valence-corrected chi connectivity index (χ4v) is 4.62. The molecule has 158 valence electrons. The lowest BCUT2D eigenvalue weighted by Crippen LogP contribution is -2.45. The topological polar surface area (TPSA) is 70.4 Å². The maximum Gasteiger partial charge on any atom is 0.191 e. The summed E-state index contributed by atoms with van der Waals surface area (Å²) >= 11 is 1.89. The van der Waals surface area contributed by atoms with Crippen molar-refractivity contribution in [2.24, 2.45) is 18.0 Å². The average molecular weight is 408 g/mol. The molecule has 1 aromatic rings. The maximum atomic E-state index is 4.80. The predicted molar refractivity (Wildman–Crippen MR) is 118 cm³/mol. The summed E-state index contributed by atoms with van der Waals surface area (Å²) in [5, 5.41) is 15.6. The van der Waals surface area contributed by atoms with Crippen molar-refractivity contribution in [1.82, 2.24) is 30.3 Å². The quantitative estimate of drug-likeness (QED) is 0.371. The van der Waals surface area contributed by atoms with Crippen LogP contribution in [-0.2, 0) is 13.6 Å². The molecule has 2 aliphatic rings. The lowest BCUT2D eigenvalue weighted by atomic mass is 10.1. The average Bonchev–Trinajstić information content (AvgIpc) is 3.42. The van der Waals surface area contributed by atoms with E-state index in [1.165, 1.54) is 50.9 Å². The number of nitrogens with zero attached hydrogens (tertiary/aromatic N) is 5. The van der Waals surface area contributed by atoms with Crippen LogP contribution >= 0.6 is 11.8 Å². The molecule has 0 aromatic carbocycles. The Bertz CT molecular complexity index is 624. The zero-order chi connectivity index (χ0) is 19.8. The number of aryl methyl sites for hydroxylation is 1. The Morgan fingerprint density at radius 3 is 2.79 bits per heavy atom. The number of rotatable bonds is 9. The largest absolute Gasteiger partial charge is 0.356 e. The third kappa shape index (κ3) is 6.37. The van der Waals surface area contributed by atoms with Crippen molar-refractivity contribution in [2.45, 2.75) is 58.0 Å². The fourth-order valence-electron chi connectivity index (χ4n) is 4.18. The molecule has 2 fully saturated rings. The molecule has 0 spiro atoms. The van der Waals surface area contributed by atoms with Crippen molar-refractivity contribution >= 4 is 17.7 Å². The van der Waals surface area contributed by atoms with Gasteiger partial charge in [0.05, 0.1) is 0 Å². The summed E-state index contributed by atoms with van der Waals surface area (Å²) in [7, 11) is 2.00. The van der Waals surface area contributed by atoms with Crippen LogP contribution < -0.4 is 10.6 Å². The third-order valence-electron chi connectivity index (χ3n) is 5.98. The zero-order valence-electron chi connectivity index (χ0n) is 17.8. The van der Waals surface area contributed by atoms with Crippen molar-refractivity contribution in [3.8, 4) is 0 Å². The minimum atomic E-state index is 0.481. The SMILES string of the molecule is CSCCCNC(=NCc1nnc(C)n1C)NC1CCN(CC2CCCC2)C1. The monoisotopic (exact) mass is 407 g/mol. The Morgan fingerprint density at radius 1 is 1.25 bits per heavy atom. The van der Waals surface area contributed by atoms with Crippen molar-refractivity contribution in [3.63, 3.8) is 0 Å². The minimum Gasteiger partial charge on any atom is -0.356 e. The molecule has 1 saturated heterocycles. The van der Waals surface area contributed by atoms with Crippen LogP contribution in [0.5, 0.6) is 0 Å². The van der Waals surface area contributed by atoms with Gasteiger partial charge in [0, 0.05) is 39.3 Å². The molecule has 2 N–H and O–H groups in total. The Balaban J connectivity index is 1.52. The van der Waals surface area contributed by atoms with Crippen LogP contribution in [0.1, 0.15) is 50.2 Å². The Labute approximate surface area is 174 Å². The van der Waals surface area contributed by atoms with E-state index in [-0.39, 0.29) is 0 Å². The number of aliphatic imine (C=N–C) groups is 1. The first kappa shape index (κ1) is 21.4. The minimum absolute atomic E-state index is 0.481. The van der Waals surface area contributed by atoms with E-state index in [0.717, 1.165) is 43.0 Å². The summed E-state index contributed by atoms with van der Waals surface area (Å²) in [6.45, 7) is 7.08. The summed E-state index contributed by atoms with van der Waals surface area (Å²) < 4.78 is 2.01. The molecule has 2 heterocycles. The van der Waals surface area contributed by atoms with Gasteiger partial charge in [-0.05, 0) is 50.5 Å². The number of guanidine groups is 1. The molecule has 1 aliphatic carbocycles. The van der Waals surface area contributed by atoms with Crippen molar-refractivity contribution in [1.29, 1.82) is 0 Å². The molecule has 7 nitrogen and oxygen atoms in total. The van der Waals surface area contributed by atoms with Crippen LogP contribution in [-0.4, -0.2) is 69.9 Å². The third-order valence-corrected chi connectivity index (χ3v) is 6.68. The van der Waals surface area contributed by atoms with Gasteiger partial charge in [0.25, 0.3) is 0 Å². The molecule has 1 unspecified atom stereocenters. The molecule has 8 heteroatoms. The number of thioether (sulfide) groups is 1. The summed E-state index contributed by atoms with van der Waals surface area (Å²) in [6, 6.07) is 0.481. The van der Waals surface area contributed by atoms with E-state index in [9.17, 15) is 0 Å². The second-order valence-corrected chi connectivity index (χ2v) is 9.19. The highest BCUT2D eigenvalue weighted by atomic mass is 32.2. The second kappa shape index (κ2) is 11.0. The highest BCUT2D eigenvalue weighted by Gasteiger charge is 2.26. The van der Waals surface area contributed by atoms with Crippen LogP contribution in [0.25, 0.3) is 0 Å². The summed E-state index contributed by atoms with van der Waals surface area (Å²) in [5.74, 6) is 4.83. The van der Waals surface area contributed by atoms with Crippen LogP contribution in [0, 0.1) is 12.8 Å². The normalized spacial score (nSPS) is 21.5. The van der Waals surface area contributed by atoms with Gasteiger partial charge in [0.2, 0.25) is 0 Å². The van der Waals surface area contributed by atoms with E-state index >= 15 is 0 Å². The van der Waals surface area contributed by atoms with Crippen molar-refractivity contribution < 1.29 is 0 Å². The van der Waals surface area contributed by atoms with Gasteiger partial charge >= 0.3 is 0 Å². The van der Waals surface area contributed by atoms with Gasteiger partial charge in [-0.15, -0.1) is 10.2 Å². The lowest BCUT2D eigenvalue weighted by Gasteiger charge is -2.21. The molecule has 0 bridgehead atoms. The number of likely N-dealkylation sites (tertiary alicyclic amines) is 1. The van der Waals surface area contributed by atoms with Gasteiger partial charge in [-0.25, -0.2) is 4.99 Å². The molecule has 1 atom stereocenters. The van der Waals surface area contributed by atoms with Gasteiger partial charge in [0.15, 0.2) is 11.8 Å². The van der Waals surface area contributed by atoms with E-state index in [1.54, 1.807) is 0 Å². The second-order valence-electron chi connectivity index (χ2n) is 8.20. The highest BCUT2D eigenvalue weighted by molar-refractivity contribution is 7.98. The smallest absolute Gasteiger partial charge is 0.191 e.